The van der Waals surface area contributed by atoms with E-state index in [1.807, 2.05) is 30.3 Å². The Morgan fingerprint density at radius 3 is 2.28 bits per heavy atom. The molecule has 0 aliphatic heterocycles. The fourth-order valence-electron chi connectivity index (χ4n) is 4.72. The molecule has 0 atom stereocenters. The largest absolute Gasteiger partial charge is 0.479 e. The highest BCUT2D eigenvalue weighted by Crippen LogP contribution is 2.32. The fourth-order valence-corrected chi connectivity index (χ4v) is 4.72. The van der Waals surface area contributed by atoms with E-state index in [1.165, 1.54) is 11.6 Å². The van der Waals surface area contributed by atoms with Crippen molar-refractivity contribution in [3.8, 4) is 28.7 Å². The Morgan fingerprint density at radius 2 is 1.67 bits per heavy atom. The number of aryl methyl sites for hydroxylation is 2. The molecule has 1 N–H and O–H groups in total. The molecule has 0 amide bonds. The second-order valence-corrected chi connectivity index (χ2v) is 9.69. The maximum atomic E-state index is 13.1. The molecule has 5 aromatic rings. The van der Waals surface area contributed by atoms with Gasteiger partial charge in [-0.3, -0.25) is 9.98 Å². The summed E-state index contributed by atoms with van der Waals surface area (Å²) in [5.74, 6) is 1.35. The number of nitrogens with zero attached hydrogens (tertiary/aromatic N) is 6. The summed E-state index contributed by atoms with van der Waals surface area (Å²) in [6.07, 6.45) is -3.54. The van der Waals surface area contributed by atoms with Gasteiger partial charge >= 0.3 is 6.18 Å². The van der Waals surface area contributed by atoms with E-state index in [2.05, 4.69) is 29.9 Å². The molecule has 0 aliphatic rings. The number of hydrogen-bond acceptors (Lipinski definition) is 5. The minimum absolute atomic E-state index is 0.204. The zero-order valence-corrected chi connectivity index (χ0v) is 22.2. The van der Waals surface area contributed by atoms with Crippen LogP contribution in [-0.2, 0) is 26.8 Å². The number of nitrogens with one attached hydrogen (secondary N) is 1. The van der Waals surface area contributed by atoms with E-state index in [0.717, 1.165) is 22.9 Å². The lowest BCUT2D eigenvalue weighted by atomic mass is 9.97. The van der Waals surface area contributed by atoms with E-state index in [9.17, 15) is 13.2 Å². The predicted octanol–water partition coefficient (Wildman–Crippen LogP) is 5.52. The summed E-state index contributed by atoms with van der Waals surface area (Å²) in [7, 11) is 4.84. The number of aromatic nitrogens is 6. The van der Waals surface area contributed by atoms with Crippen molar-refractivity contribution in [2.24, 2.45) is 14.1 Å². The van der Waals surface area contributed by atoms with Crippen LogP contribution in [0.25, 0.3) is 33.9 Å². The molecule has 0 saturated heterocycles. The van der Waals surface area contributed by atoms with E-state index in [1.54, 1.807) is 35.4 Å². The van der Waals surface area contributed by atoms with Crippen LogP contribution in [0.2, 0.25) is 0 Å². The van der Waals surface area contributed by atoms with Crippen LogP contribution in [0.5, 0.6) is 5.88 Å². The Balaban J connectivity index is 1.57. The number of halogens is 3. The molecule has 3 aromatic heterocycles. The summed E-state index contributed by atoms with van der Waals surface area (Å²) >= 11 is 0. The van der Waals surface area contributed by atoms with Gasteiger partial charge in [0.2, 0.25) is 11.5 Å². The summed E-state index contributed by atoms with van der Waals surface area (Å²) in [6.45, 7) is 4.53. The van der Waals surface area contributed by atoms with E-state index >= 15 is 0 Å². The molecule has 0 bridgehead atoms. The monoisotopic (exact) mass is 535 g/mol. The van der Waals surface area contributed by atoms with Crippen molar-refractivity contribution in [2.75, 3.05) is 7.11 Å². The third kappa shape index (κ3) is 4.68. The van der Waals surface area contributed by atoms with Gasteiger partial charge in [-0.15, -0.1) is 0 Å². The quantitative estimate of drug-likeness (QED) is 0.310. The number of fused-ring (bicyclic) bond motifs is 1. The molecule has 5 rings (SSSR count). The molecule has 0 fully saturated rings. The number of ether oxygens (including phenoxy) is 1. The molecule has 202 valence electrons. The summed E-state index contributed by atoms with van der Waals surface area (Å²) in [5, 5.41) is 8.78. The van der Waals surface area contributed by atoms with E-state index in [-0.39, 0.29) is 17.4 Å². The Labute approximate surface area is 222 Å². The van der Waals surface area contributed by atoms with Gasteiger partial charge in [0.15, 0.2) is 22.7 Å². The maximum absolute atomic E-state index is 13.1. The van der Waals surface area contributed by atoms with Gasteiger partial charge in [-0.1, -0.05) is 62.4 Å². The summed E-state index contributed by atoms with van der Waals surface area (Å²) < 4.78 is 49.7. The van der Waals surface area contributed by atoms with Crippen molar-refractivity contribution in [3.05, 3.63) is 77.2 Å². The zero-order valence-electron chi connectivity index (χ0n) is 22.2. The summed E-state index contributed by atoms with van der Waals surface area (Å²) in [6, 6.07) is 15.0. The molecule has 2 aromatic carbocycles. The van der Waals surface area contributed by atoms with E-state index in [0.29, 0.717) is 35.0 Å². The van der Waals surface area contributed by atoms with E-state index < -0.39 is 11.9 Å². The molecule has 0 aliphatic carbocycles. The number of rotatable bonds is 6. The molecule has 11 heteroatoms. The van der Waals surface area contributed by atoms with Gasteiger partial charge in [-0.05, 0) is 17.0 Å². The molecule has 0 unspecified atom stereocenters. The first-order valence-electron chi connectivity index (χ1n) is 12.3. The molecule has 0 saturated carbocycles. The molecule has 0 spiro atoms. The smallest absolute Gasteiger partial charge is 0.434 e. The average Bonchev–Trinajstić information content (AvgIpc) is 3.42. The van der Waals surface area contributed by atoms with Crippen molar-refractivity contribution in [2.45, 2.75) is 32.5 Å². The second-order valence-electron chi connectivity index (χ2n) is 9.69. The van der Waals surface area contributed by atoms with Gasteiger partial charge in [0.1, 0.15) is 5.82 Å². The fraction of sp³-hybridized carbons (Fsp3) is 0.286. The van der Waals surface area contributed by atoms with Crippen molar-refractivity contribution < 1.29 is 17.9 Å². The lowest BCUT2D eigenvalue weighted by Crippen LogP contribution is -2.23. The third-order valence-electron chi connectivity index (χ3n) is 6.73. The van der Waals surface area contributed by atoms with Gasteiger partial charge in [0, 0.05) is 31.4 Å². The molecule has 3 heterocycles. The first-order chi connectivity index (χ1) is 18.5. The van der Waals surface area contributed by atoms with Crippen LogP contribution in [0.4, 0.5) is 13.2 Å². The first kappa shape index (κ1) is 26.2. The summed E-state index contributed by atoms with van der Waals surface area (Å²) in [5.41, 5.74) is 3.81. The lowest BCUT2D eigenvalue weighted by Gasteiger charge is -2.13. The number of imidazole rings is 2. The van der Waals surface area contributed by atoms with Crippen molar-refractivity contribution >= 4 is 11.2 Å². The van der Waals surface area contributed by atoms with Crippen molar-refractivity contribution in [1.29, 1.82) is 5.41 Å². The van der Waals surface area contributed by atoms with Crippen molar-refractivity contribution in [1.82, 2.24) is 28.7 Å². The van der Waals surface area contributed by atoms with Gasteiger partial charge in [-0.2, -0.15) is 18.2 Å². The van der Waals surface area contributed by atoms with Crippen LogP contribution in [-0.4, -0.2) is 35.8 Å². The minimum Gasteiger partial charge on any atom is -0.479 e. The van der Waals surface area contributed by atoms with Crippen LogP contribution >= 0.6 is 0 Å². The Morgan fingerprint density at radius 1 is 0.974 bits per heavy atom. The van der Waals surface area contributed by atoms with Crippen LogP contribution in [0.1, 0.15) is 36.6 Å². The number of benzene rings is 2. The van der Waals surface area contributed by atoms with Gasteiger partial charge in [0.25, 0.3) is 0 Å². The molecule has 8 nitrogen and oxygen atoms in total. The lowest BCUT2D eigenvalue weighted by molar-refractivity contribution is -0.140. The number of methoxy groups -OCH3 is 1. The predicted molar refractivity (Wildman–Crippen MR) is 141 cm³/mol. The van der Waals surface area contributed by atoms with Crippen LogP contribution in [0.15, 0.2) is 54.7 Å². The number of hydrogen-bond donors (Lipinski definition) is 1. The molecular weight excluding hydrogens is 507 g/mol. The Hall–Kier alpha value is -4.41. The van der Waals surface area contributed by atoms with Gasteiger partial charge in [-0.25, -0.2) is 9.97 Å². The average molecular weight is 536 g/mol. The molecule has 0 radical (unpaired) electrons. The van der Waals surface area contributed by atoms with Gasteiger partial charge < -0.3 is 13.9 Å². The van der Waals surface area contributed by atoms with Crippen LogP contribution in [0, 0.1) is 5.41 Å². The molecule has 39 heavy (non-hydrogen) atoms. The highest BCUT2D eigenvalue weighted by molar-refractivity contribution is 5.80. The number of alkyl halides is 3. The van der Waals surface area contributed by atoms with Crippen LogP contribution in [0.3, 0.4) is 0 Å². The van der Waals surface area contributed by atoms with Crippen LogP contribution < -0.4 is 10.4 Å². The zero-order chi connectivity index (χ0) is 28.1. The molecular formula is C28H28F3N7O. The normalized spacial score (nSPS) is 12.0. The second kappa shape index (κ2) is 9.72. The third-order valence-corrected chi connectivity index (χ3v) is 6.73. The highest BCUT2D eigenvalue weighted by atomic mass is 19.4. The SMILES string of the molecule is COc1nc(-c2ccccc2C(C)C)nc2c1n(C)c(=N)n2Cc1ccc(-c2nc(C(F)(F)F)cn2C)cc1. The summed E-state index contributed by atoms with van der Waals surface area (Å²) in [4.78, 5) is 13.3. The Kier molecular flexibility index (Phi) is 6.53. The maximum Gasteiger partial charge on any atom is 0.434 e. The first-order valence-corrected chi connectivity index (χ1v) is 12.3. The standard InChI is InChI=1S/C28H28F3N7O/c1-16(2)19-8-6-7-9-20(19)23-34-25-22(26(35-23)39-5)37(4)27(32)38(25)14-17-10-12-18(13-11-17)24-33-21(15-36(24)3)28(29,30)31/h6-13,15-16,32H,14H2,1-5H3. The topological polar surface area (TPSA) is 86.5 Å². The van der Waals surface area contributed by atoms with Gasteiger partial charge in [0.05, 0.1) is 13.7 Å². The van der Waals surface area contributed by atoms with Crippen molar-refractivity contribution in [3.63, 3.8) is 0 Å². The Bertz CT molecular complexity index is 1730. The highest BCUT2D eigenvalue weighted by Gasteiger charge is 2.34. The van der Waals surface area contributed by atoms with E-state index in [4.69, 9.17) is 15.1 Å². The minimum atomic E-state index is -4.51.